The number of hydrazone groups is 1. The number of hydrogen-bond donors (Lipinski definition) is 2. The summed E-state index contributed by atoms with van der Waals surface area (Å²) in [7, 11) is 0. The van der Waals surface area contributed by atoms with Crippen molar-refractivity contribution in [2.75, 3.05) is 18.4 Å². The van der Waals surface area contributed by atoms with Gasteiger partial charge in [0, 0.05) is 24.5 Å². The summed E-state index contributed by atoms with van der Waals surface area (Å²) in [5, 5.41) is 9.07. The zero-order valence-electron chi connectivity index (χ0n) is 16.2. The molecule has 0 aliphatic carbocycles. The van der Waals surface area contributed by atoms with Gasteiger partial charge >= 0.3 is 5.97 Å². The first-order valence-electron chi connectivity index (χ1n) is 8.85. The fourth-order valence-electron chi connectivity index (χ4n) is 2.73. The number of amides is 1. The molecule has 0 bridgehead atoms. The normalized spacial score (nSPS) is 21.1. The van der Waals surface area contributed by atoms with Crippen molar-refractivity contribution in [1.29, 1.82) is 0 Å². The summed E-state index contributed by atoms with van der Waals surface area (Å²) in [6.07, 6.45) is 3.33. The van der Waals surface area contributed by atoms with Crippen LogP contribution in [0.2, 0.25) is 0 Å². The molecule has 2 aliphatic rings. The van der Waals surface area contributed by atoms with Gasteiger partial charge in [0.2, 0.25) is 5.95 Å². The summed E-state index contributed by atoms with van der Waals surface area (Å²) in [5.74, 6) is -0.569. The molecule has 1 aromatic rings. The number of ether oxygens (including phenoxy) is 1. The molecule has 3 heterocycles. The van der Waals surface area contributed by atoms with Crippen LogP contribution < -0.4 is 11.1 Å². The second-order valence-corrected chi connectivity index (χ2v) is 8.35. The Bertz CT molecular complexity index is 832. The van der Waals surface area contributed by atoms with Crippen molar-refractivity contribution in [2.24, 2.45) is 15.8 Å². The number of hydrogen-bond acceptors (Lipinski definition) is 10. The summed E-state index contributed by atoms with van der Waals surface area (Å²) in [6.45, 7) is 7.95. The lowest BCUT2D eigenvalue weighted by atomic mass is 10.2. The Labute approximate surface area is 167 Å². The number of rotatable bonds is 6. The van der Waals surface area contributed by atoms with E-state index in [4.69, 9.17) is 10.5 Å². The van der Waals surface area contributed by atoms with E-state index < -0.39 is 23.5 Å². The van der Waals surface area contributed by atoms with Crippen LogP contribution in [0.4, 0.5) is 5.95 Å². The van der Waals surface area contributed by atoms with Crippen molar-refractivity contribution in [3.8, 4) is 0 Å². The highest BCUT2D eigenvalue weighted by atomic mass is 32.2. The van der Waals surface area contributed by atoms with Crippen molar-refractivity contribution in [2.45, 2.75) is 44.7 Å². The number of nitrogens with one attached hydrogen (secondary N) is 1. The first-order chi connectivity index (χ1) is 13.2. The average Bonchev–Trinajstić information content (AvgIpc) is 3.14. The maximum Gasteiger partial charge on any atom is 0.327 e. The predicted molar refractivity (Wildman–Crippen MR) is 107 cm³/mol. The molecule has 0 saturated heterocycles. The van der Waals surface area contributed by atoms with Gasteiger partial charge in [0.25, 0.3) is 5.91 Å². The number of primary amides is 1. The lowest BCUT2D eigenvalue weighted by Gasteiger charge is -2.24. The number of carbonyl (C=O) groups is 2. The Morgan fingerprint density at radius 2 is 2.00 bits per heavy atom. The van der Waals surface area contributed by atoms with Gasteiger partial charge < -0.3 is 15.8 Å². The molecule has 0 saturated carbocycles. The smallest absolute Gasteiger partial charge is 0.327 e. The van der Waals surface area contributed by atoms with Crippen molar-refractivity contribution < 1.29 is 14.3 Å². The molecule has 28 heavy (non-hydrogen) atoms. The van der Waals surface area contributed by atoms with Crippen LogP contribution in [-0.4, -0.2) is 67.7 Å². The van der Waals surface area contributed by atoms with Crippen LogP contribution in [0.3, 0.4) is 0 Å². The number of esters is 1. The fourth-order valence-corrected chi connectivity index (χ4v) is 3.94. The number of carbonyl (C=O) groups excluding carboxylic acids is 2. The van der Waals surface area contributed by atoms with E-state index in [1.165, 1.54) is 16.8 Å². The molecule has 2 atom stereocenters. The largest absolute Gasteiger partial charge is 0.459 e. The highest BCUT2D eigenvalue weighted by Gasteiger charge is 2.46. The molecule has 3 N–H and O–H groups in total. The number of aromatic nitrogens is 2. The Morgan fingerprint density at radius 1 is 1.32 bits per heavy atom. The highest BCUT2D eigenvalue weighted by molar-refractivity contribution is 8.15. The maximum absolute atomic E-state index is 12.2. The number of nitrogens with zero attached hydrogens (tertiary/aromatic N) is 5. The molecule has 1 aromatic heterocycles. The first kappa shape index (κ1) is 20.1. The Kier molecular flexibility index (Phi) is 5.54. The molecule has 1 amide bonds. The van der Waals surface area contributed by atoms with Crippen LogP contribution in [0.1, 0.15) is 33.3 Å². The Morgan fingerprint density at radius 3 is 2.57 bits per heavy atom. The number of fused-ring (bicyclic) bond motifs is 1. The molecule has 150 valence electrons. The van der Waals surface area contributed by atoms with E-state index in [9.17, 15) is 9.59 Å². The average molecular weight is 405 g/mol. The number of nitrogens with two attached hydrogens (primary N) is 1. The summed E-state index contributed by atoms with van der Waals surface area (Å²) >= 11 is 1.39. The topological polar surface area (TPSA) is 135 Å². The number of thioether (sulfide) groups is 1. The molecule has 10 nitrogen and oxygen atoms in total. The van der Waals surface area contributed by atoms with Gasteiger partial charge in [-0.15, -0.1) is 0 Å². The third-order valence-corrected chi connectivity index (χ3v) is 5.07. The van der Waals surface area contributed by atoms with Gasteiger partial charge in [0.15, 0.2) is 5.71 Å². The lowest BCUT2D eigenvalue weighted by molar-refractivity contribution is -0.156. The van der Waals surface area contributed by atoms with E-state index in [1.807, 2.05) is 6.92 Å². The van der Waals surface area contributed by atoms with E-state index in [1.54, 1.807) is 33.2 Å². The van der Waals surface area contributed by atoms with Gasteiger partial charge in [-0.25, -0.2) is 9.97 Å². The predicted octanol–water partition coefficient (Wildman–Crippen LogP) is 0.595. The summed E-state index contributed by atoms with van der Waals surface area (Å²) in [6, 6.07) is -0.548. The monoisotopic (exact) mass is 405 g/mol. The molecule has 0 radical (unpaired) electrons. The molecular weight excluding hydrogens is 382 g/mol. The fraction of sp³-hybridized carbons (Fsp3) is 0.529. The molecule has 0 fully saturated rings. The molecule has 2 aliphatic heterocycles. The molecular formula is C17H23N7O3S. The standard InChI is InChI=1S/C17H23N7O3S/c1-5-19-16-20-6-9(7-21-16)14-22-12-11(13(18)26)23-24(15(12)28-14)8-10(25)27-17(2,3)4/h6-7,12,15H,5,8H2,1-4H3,(H2,18,26)(H,19,20,21). The molecule has 3 rings (SSSR count). The van der Waals surface area contributed by atoms with Gasteiger partial charge in [0.1, 0.15) is 28.6 Å². The van der Waals surface area contributed by atoms with E-state index in [0.717, 1.165) is 12.1 Å². The van der Waals surface area contributed by atoms with Gasteiger partial charge in [-0.2, -0.15) is 5.10 Å². The van der Waals surface area contributed by atoms with Gasteiger partial charge in [-0.3, -0.25) is 19.6 Å². The zero-order chi connectivity index (χ0) is 20.5. The van der Waals surface area contributed by atoms with Crippen molar-refractivity contribution in [3.05, 3.63) is 18.0 Å². The minimum absolute atomic E-state index is 0.0964. The van der Waals surface area contributed by atoms with Crippen LogP contribution in [0.5, 0.6) is 0 Å². The van der Waals surface area contributed by atoms with Crippen LogP contribution >= 0.6 is 11.8 Å². The van der Waals surface area contributed by atoms with Crippen molar-refractivity contribution in [1.82, 2.24) is 15.0 Å². The minimum atomic E-state index is -0.661. The van der Waals surface area contributed by atoms with Crippen LogP contribution in [0.25, 0.3) is 0 Å². The van der Waals surface area contributed by atoms with E-state index >= 15 is 0 Å². The van der Waals surface area contributed by atoms with Crippen molar-refractivity contribution >= 4 is 40.3 Å². The van der Waals surface area contributed by atoms with Crippen LogP contribution in [0.15, 0.2) is 22.5 Å². The molecule has 0 spiro atoms. The second-order valence-electron chi connectivity index (χ2n) is 7.25. The summed E-state index contributed by atoms with van der Waals surface area (Å²) < 4.78 is 5.35. The van der Waals surface area contributed by atoms with Gasteiger partial charge in [-0.1, -0.05) is 11.8 Å². The third kappa shape index (κ3) is 4.41. The Hall–Kier alpha value is -2.69. The van der Waals surface area contributed by atoms with E-state index in [2.05, 4.69) is 25.4 Å². The van der Waals surface area contributed by atoms with Crippen LogP contribution in [-0.2, 0) is 14.3 Å². The zero-order valence-corrected chi connectivity index (χ0v) is 17.0. The van der Waals surface area contributed by atoms with E-state index in [-0.39, 0.29) is 17.6 Å². The Balaban J connectivity index is 1.77. The maximum atomic E-state index is 12.2. The minimum Gasteiger partial charge on any atom is -0.459 e. The van der Waals surface area contributed by atoms with E-state index in [0.29, 0.717) is 11.0 Å². The highest BCUT2D eigenvalue weighted by Crippen LogP contribution is 2.37. The third-order valence-electron chi connectivity index (χ3n) is 3.77. The van der Waals surface area contributed by atoms with Gasteiger partial charge in [-0.05, 0) is 27.7 Å². The number of aliphatic imine (C=N–C) groups is 1. The quantitative estimate of drug-likeness (QED) is 0.657. The molecule has 0 aromatic carbocycles. The second kappa shape index (κ2) is 7.74. The summed E-state index contributed by atoms with van der Waals surface area (Å²) in [4.78, 5) is 37.1. The SMILES string of the molecule is CCNc1ncc(C2=NC3C(C(N)=O)=NN(CC(=O)OC(C)(C)C)C3S2)cn1. The van der Waals surface area contributed by atoms with Crippen molar-refractivity contribution in [3.63, 3.8) is 0 Å². The van der Waals surface area contributed by atoms with Crippen LogP contribution in [0, 0.1) is 0 Å². The summed E-state index contributed by atoms with van der Waals surface area (Å²) in [5.41, 5.74) is 5.70. The lowest BCUT2D eigenvalue weighted by Crippen LogP contribution is -2.38. The molecule has 11 heteroatoms. The first-order valence-corrected chi connectivity index (χ1v) is 9.73. The number of anilines is 1. The molecule has 2 unspecified atom stereocenters. The van der Waals surface area contributed by atoms with Gasteiger partial charge in [0.05, 0.1) is 0 Å².